The lowest BCUT2D eigenvalue weighted by Gasteiger charge is -2.08. The number of carboxylic acids is 1. The molecule has 1 aromatic heterocycles. The van der Waals surface area contributed by atoms with E-state index in [-0.39, 0.29) is 11.3 Å². The number of rotatable bonds is 4. The first-order valence-electron chi connectivity index (χ1n) is 7.07. The highest BCUT2D eigenvalue weighted by atomic mass is 19.4. The van der Waals surface area contributed by atoms with Crippen LogP contribution in [0.15, 0.2) is 54.7 Å². The highest BCUT2D eigenvalue weighted by Gasteiger charge is 2.31. The third kappa shape index (κ3) is 3.97. The summed E-state index contributed by atoms with van der Waals surface area (Å²) in [5.41, 5.74) is 2.05. The van der Waals surface area contributed by atoms with E-state index in [0.29, 0.717) is 22.6 Å². The zero-order chi connectivity index (χ0) is 18.0. The van der Waals surface area contributed by atoms with Crippen molar-refractivity contribution in [2.75, 3.05) is 0 Å². The van der Waals surface area contributed by atoms with Crippen LogP contribution in [-0.2, 0) is 0 Å². The van der Waals surface area contributed by atoms with Gasteiger partial charge in [0.25, 0.3) is 0 Å². The number of ether oxygens (including phenoxy) is 1. The van der Waals surface area contributed by atoms with Crippen molar-refractivity contribution >= 4 is 5.97 Å². The largest absolute Gasteiger partial charge is 0.573 e. The minimum absolute atomic E-state index is 0.166. The number of alkyl halides is 3. The number of aromatic nitrogens is 2. The number of aromatic amines is 1. The molecule has 0 unspecified atom stereocenters. The van der Waals surface area contributed by atoms with Crippen LogP contribution in [0, 0.1) is 0 Å². The molecule has 0 radical (unpaired) electrons. The SMILES string of the molecule is O=C(O)c1ccc(-c2c[nH]c(-c3ccc(OC(F)(F)F)cc3)n2)cc1. The molecule has 0 aliphatic heterocycles. The van der Waals surface area contributed by atoms with Gasteiger partial charge in [-0.3, -0.25) is 0 Å². The summed E-state index contributed by atoms with van der Waals surface area (Å²) in [6.07, 6.45) is -3.10. The third-order valence-corrected chi connectivity index (χ3v) is 3.37. The van der Waals surface area contributed by atoms with Crippen molar-refractivity contribution in [1.29, 1.82) is 0 Å². The maximum atomic E-state index is 12.2. The third-order valence-electron chi connectivity index (χ3n) is 3.37. The van der Waals surface area contributed by atoms with Gasteiger partial charge in [-0.2, -0.15) is 0 Å². The highest BCUT2D eigenvalue weighted by Crippen LogP contribution is 2.27. The number of halogens is 3. The molecule has 0 aliphatic rings. The van der Waals surface area contributed by atoms with E-state index < -0.39 is 12.3 Å². The lowest BCUT2D eigenvalue weighted by molar-refractivity contribution is -0.274. The molecule has 3 aromatic rings. The van der Waals surface area contributed by atoms with E-state index in [2.05, 4.69) is 14.7 Å². The van der Waals surface area contributed by atoms with Crippen LogP contribution in [-0.4, -0.2) is 27.4 Å². The molecule has 1 heterocycles. The Morgan fingerprint density at radius 1 is 1.00 bits per heavy atom. The second-order valence-electron chi connectivity index (χ2n) is 5.09. The minimum Gasteiger partial charge on any atom is -0.478 e. The molecule has 128 valence electrons. The number of hydrogen-bond donors (Lipinski definition) is 2. The topological polar surface area (TPSA) is 75.2 Å². The Bertz CT molecular complexity index is 885. The Morgan fingerprint density at radius 2 is 1.60 bits per heavy atom. The predicted molar refractivity (Wildman–Crippen MR) is 83.1 cm³/mol. The Balaban J connectivity index is 1.80. The van der Waals surface area contributed by atoms with Gasteiger partial charge in [-0.1, -0.05) is 12.1 Å². The standard InChI is InChI=1S/C17H11F3N2O3/c18-17(19,20)25-13-7-5-11(6-8-13)15-21-9-14(22-15)10-1-3-12(4-2-10)16(23)24/h1-9H,(H,21,22)(H,23,24). The Labute approximate surface area is 139 Å². The van der Waals surface area contributed by atoms with E-state index in [9.17, 15) is 18.0 Å². The summed E-state index contributed by atoms with van der Waals surface area (Å²) >= 11 is 0. The summed E-state index contributed by atoms with van der Waals surface area (Å²) in [7, 11) is 0. The monoisotopic (exact) mass is 348 g/mol. The number of carbonyl (C=O) groups is 1. The van der Waals surface area contributed by atoms with E-state index in [1.54, 1.807) is 18.3 Å². The number of H-pyrrole nitrogens is 1. The molecule has 0 saturated carbocycles. The fraction of sp³-hybridized carbons (Fsp3) is 0.0588. The highest BCUT2D eigenvalue weighted by molar-refractivity contribution is 5.88. The maximum absolute atomic E-state index is 12.2. The number of imidazole rings is 1. The zero-order valence-corrected chi connectivity index (χ0v) is 12.5. The van der Waals surface area contributed by atoms with Crippen molar-refractivity contribution in [2.45, 2.75) is 6.36 Å². The predicted octanol–water partition coefficient (Wildman–Crippen LogP) is 4.34. The van der Waals surface area contributed by atoms with Gasteiger partial charge in [0.2, 0.25) is 0 Å². The quantitative estimate of drug-likeness (QED) is 0.735. The zero-order valence-electron chi connectivity index (χ0n) is 12.5. The first-order valence-corrected chi connectivity index (χ1v) is 7.07. The summed E-state index contributed by atoms with van der Waals surface area (Å²) in [6, 6.07) is 11.5. The molecule has 2 aromatic carbocycles. The molecule has 2 N–H and O–H groups in total. The van der Waals surface area contributed by atoms with Crippen LogP contribution in [0.4, 0.5) is 13.2 Å². The number of aromatic carboxylic acids is 1. The van der Waals surface area contributed by atoms with E-state index in [4.69, 9.17) is 5.11 Å². The first-order chi connectivity index (χ1) is 11.8. The smallest absolute Gasteiger partial charge is 0.478 e. The molecule has 0 fully saturated rings. The molecule has 0 aliphatic carbocycles. The Kier molecular flexibility index (Phi) is 4.18. The van der Waals surface area contributed by atoms with E-state index in [0.717, 1.165) is 0 Å². The van der Waals surface area contributed by atoms with Gasteiger partial charge in [-0.25, -0.2) is 9.78 Å². The van der Waals surface area contributed by atoms with Gasteiger partial charge in [0.1, 0.15) is 11.6 Å². The van der Waals surface area contributed by atoms with Crippen molar-refractivity contribution in [3.63, 3.8) is 0 Å². The molecular weight excluding hydrogens is 337 g/mol. The van der Waals surface area contributed by atoms with Gasteiger partial charge in [0.05, 0.1) is 11.3 Å². The van der Waals surface area contributed by atoms with Crippen molar-refractivity contribution in [3.8, 4) is 28.4 Å². The van der Waals surface area contributed by atoms with Crippen LogP contribution in [0.2, 0.25) is 0 Å². The summed E-state index contributed by atoms with van der Waals surface area (Å²) in [5, 5.41) is 8.89. The van der Waals surface area contributed by atoms with Gasteiger partial charge < -0.3 is 14.8 Å². The minimum atomic E-state index is -4.73. The lowest BCUT2D eigenvalue weighted by atomic mass is 10.1. The number of benzene rings is 2. The second-order valence-corrected chi connectivity index (χ2v) is 5.09. The Morgan fingerprint density at radius 3 is 2.16 bits per heavy atom. The van der Waals surface area contributed by atoms with Crippen LogP contribution < -0.4 is 4.74 Å². The van der Waals surface area contributed by atoms with Gasteiger partial charge in [-0.15, -0.1) is 13.2 Å². The summed E-state index contributed by atoms with van der Waals surface area (Å²) in [5.74, 6) is -0.862. The van der Waals surface area contributed by atoms with Crippen LogP contribution in [0.5, 0.6) is 5.75 Å². The second kappa shape index (κ2) is 6.31. The van der Waals surface area contributed by atoms with Crippen LogP contribution in [0.1, 0.15) is 10.4 Å². The van der Waals surface area contributed by atoms with Crippen LogP contribution in [0.3, 0.4) is 0 Å². The molecule has 3 rings (SSSR count). The van der Waals surface area contributed by atoms with E-state index in [1.807, 2.05) is 0 Å². The normalized spacial score (nSPS) is 11.3. The number of hydrogen-bond acceptors (Lipinski definition) is 3. The molecule has 0 saturated heterocycles. The molecule has 0 atom stereocenters. The van der Waals surface area contributed by atoms with Gasteiger partial charge in [0, 0.05) is 17.3 Å². The van der Waals surface area contributed by atoms with E-state index >= 15 is 0 Å². The molecule has 25 heavy (non-hydrogen) atoms. The maximum Gasteiger partial charge on any atom is 0.573 e. The van der Waals surface area contributed by atoms with Gasteiger partial charge in [0.15, 0.2) is 0 Å². The number of nitrogens with one attached hydrogen (secondary N) is 1. The van der Waals surface area contributed by atoms with Crippen molar-refractivity contribution in [1.82, 2.24) is 9.97 Å². The lowest BCUT2D eigenvalue weighted by Crippen LogP contribution is -2.16. The fourth-order valence-corrected chi connectivity index (χ4v) is 2.22. The summed E-state index contributed by atoms with van der Waals surface area (Å²) < 4.78 is 40.3. The summed E-state index contributed by atoms with van der Waals surface area (Å²) in [4.78, 5) is 18.1. The van der Waals surface area contributed by atoms with Crippen LogP contribution in [0.25, 0.3) is 22.6 Å². The van der Waals surface area contributed by atoms with Crippen molar-refractivity contribution in [2.24, 2.45) is 0 Å². The average Bonchev–Trinajstić information content (AvgIpc) is 3.04. The van der Waals surface area contributed by atoms with Gasteiger partial charge >= 0.3 is 12.3 Å². The molecule has 8 heteroatoms. The number of carboxylic acid groups (broad SMARTS) is 1. The molecule has 0 amide bonds. The summed E-state index contributed by atoms with van der Waals surface area (Å²) in [6.45, 7) is 0. The molecule has 0 spiro atoms. The fourth-order valence-electron chi connectivity index (χ4n) is 2.22. The van der Waals surface area contributed by atoms with E-state index in [1.165, 1.54) is 36.4 Å². The Hall–Kier alpha value is -3.29. The van der Waals surface area contributed by atoms with Crippen LogP contribution >= 0.6 is 0 Å². The number of nitrogens with zero attached hydrogens (tertiary/aromatic N) is 1. The molecule has 0 bridgehead atoms. The van der Waals surface area contributed by atoms with Crippen molar-refractivity contribution < 1.29 is 27.8 Å². The first kappa shape index (κ1) is 16.6. The van der Waals surface area contributed by atoms with Crippen molar-refractivity contribution in [3.05, 3.63) is 60.3 Å². The molecular formula is C17H11F3N2O3. The van der Waals surface area contributed by atoms with Gasteiger partial charge in [-0.05, 0) is 36.4 Å². The molecule has 5 nitrogen and oxygen atoms in total. The average molecular weight is 348 g/mol.